The Hall–Kier alpha value is -2.74. The van der Waals surface area contributed by atoms with Crippen molar-refractivity contribution in [1.29, 1.82) is 0 Å². The Morgan fingerprint density at radius 3 is 2.87 bits per heavy atom. The normalized spacial score (nSPS) is 10.6. The molecule has 0 amide bonds. The zero-order chi connectivity index (χ0) is 16.1. The number of hydrogen-bond donors (Lipinski definition) is 0. The number of ketones is 1. The van der Waals surface area contributed by atoms with E-state index in [-0.39, 0.29) is 36.9 Å². The van der Waals surface area contributed by atoms with Crippen LogP contribution in [-0.4, -0.2) is 21.9 Å². The van der Waals surface area contributed by atoms with Crippen LogP contribution in [0.2, 0.25) is 0 Å². The van der Waals surface area contributed by atoms with E-state index in [1.54, 1.807) is 24.3 Å². The highest BCUT2D eigenvalue weighted by molar-refractivity contribution is 7.12. The molecule has 0 N–H and O–H groups in total. The molecule has 3 heterocycles. The van der Waals surface area contributed by atoms with Gasteiger partial charge in [-0.1, -0.05) is 11.2 Å². The van der Waals surface area contributed by atoms with Crippen molar-refractivity contribution in [3.05, 3.63) is 46.6 Å². The third-order valence-electron chi connectivity index (χ3n) is 2.91. The lowest BCUT2D eigenvalue weighted by atomic mass is 10.2. The molecule has 23 heavy (non-hydrogen) atoms. The maximum atomic E-state index is 11.8. The molecule has 0 aromatic carbocycles. The van der Waals surface area contributed by atoms with Gasteiger partial charge >= 0.3 is 5.97 Å². The summed E-state index contributed by atoms with van der Waals surface area (Å²) < 4.78 is 15.1. The van der Waals surface area contributed by atoms with Crippen LogP contribution in [0.25, 0.3) is 11.7 Å². The summed E-state index contributed by atoms with van der Waals surface area (Å²) in [5, 5.41) is 5.51. The molecule has 0 aliphatic rings. The number of Topliss-reactive ketones (excluding diaryl/α,β-unsaturated/α-hetero) is 1. The molecule has 0 aliphatic carbocycles. The van der Waals surface area contributed by atoms with Crippen molar-refractivity contribution in [2.24, 2.45) is 0 Å². The molecule has 118 valence electrons. The van der Waals surface area contributed by atoms with E-state index in [2.05, 4.69) is 10.1 Å². The van der Waals surface area contributed by atoms with Crippen molar-refractivity contribution in [1.82, 2.24) is 10.1 Å². The number of carbonyl (C=O) groups excluding carboxylic acids is 2. The van der Waals surface area contributed by atoms with E-state index >= 15 is 0 Å². The molecule has 0 saturated carbocycles. The molecule has 0 radical (unpaired) electrons. The molecule has 0 bridgehead atoms. The van der Waals surface area contributed by atoms with Crippen molar-refractivity contribution in [2.45, 2.75) is 19.4 Å². The Morgan fingerprint density at radius 2 is 2.13 bits per heavy atom. The maximum absolute atomic E-state index is 11.8. The molecule has 0 fully saturated rings. The minimum atomic E-state index is -0.487. The van der Waals surface area contributed by atoms with Gasteiger partial charge in [-0.3, -0.25) is 9.59 Å². The fraction of sp³-hybridized carbons (Fsp3) is 0.200. The van der Waals surface area contributed by atoms with Gasteiger partial charge in [0, 0.05) is 6.42 Å². The average molecular weight is 332 g/mol. The molecule has 7 nitrogen and oxygen atoms in total. The van der Waals surface area contributed by atoms with Crippen LogP contribution in [0.5, 0.6) is 0 Å². The third-order valence-corrected chi connectivity index (χ3v) is 3.83. The highest BCUT2D eigenvalue weighted by Gasteiger charge is 2.14. The minimum absolute atomic E-state index is 0.0135. The van der Waals surface area contributed by atoms with Gasteiger partial charge in [0.25, 0.3) is 5.89 Å². The predicted molar refractivity (Wildman–Crippen MR) is 79.7 cm³/mol. The molecule has 0 aliphatic heterocycles. The first-order valence-corrected chi connectivity index (χ1v) is 7.69. The zero-order valence-corrected chi connectivity index (χ0v) is 12.7. The van der Waals surface area contributed by atoms with E-state index in [4.69, 9.17) is 13.7 Å². The van der Waals surface area contributed by atoms with Gasteiger partial charge in [-0.15, -0.1) is 11.3 Å². The monoisotopic (exact) mass is 332 g/mol. The fourth-order valence-corrected chi connectivity index (χ4v) is 2.50. The van der Waals surface area contributed by atoms with Crippen LogP contribution in [0.15, 0.2) is 44.8 Å². The van der Waals surface area contributed by atoms with E-state index in [1.807, 2.05) is 5.38 Å². The second-order valence-electron chi connectivity index (χ2n) is 4.55. The highest BCUT2D eigenvalue weighted by Crippen LogP contribution is 2.17. The number of carbonyl (C=O) groups is 2. The van der Waals surface area contributed by atoms with Gasteiger partial charge in [0.1, 0.15) is 0 Å². The number of aromatic nitrogens is 2. The quantitative estimate of drug-likeness (QED) is 0.484. The summed E-state index contributed by atoms with van der Waals surface area (Å²) in [6.07, 6.45) is 1.62. The van der Waals surface area contributed by atoms with Gasteiger partial charge in [0.2, 0.25) is 5.82 Å². The topological polar surface area (TPSA) is 95.4 Å². The van der Waals surface area contributed by atoms with Crippen LogP contribution in [-0.2, 0) is 16.1 Å². The molecule has 0 saturated heterocycles. The van der Waals surface area contributed by atoms with Gasteiger partial charge in [0.05, 0.1) is 17.6 Å². The standard InChI is InChI=1S/C15H12N2O5S/c18-10(12-4-2-8-23-12)5-6-14(19)21-9-13-16-15(22-17-13)11-3-1-7-20-11/h1-4,7-8H,5-6,9H2. The lowest BCUT2D eigenvalue weighted by Gasteiger charge is -2.01. The number of rotatable bonds is 7. The molecular weight excluding hydrogens is 320 g/mol. The first-order chi connectivity index (χ1) is 11.2. The van der Waals surface area contributed by atoms with Gasteiger partial charge in [0.15, 0.2) is 18.2 Å². The Balaban J connectivity index is 1.45. The molecule has 0 spiro atoms. The first-order valence-electron chi connectivity index (χ1n) is 6.81. The molecule has 3 aromatic heterocycles. The lowest BCUT2D eigenvalue weighted by Crippen LogP contribution is -2.08. The van der Waals surface area contributed by atoms with Crippen LogP contribution in [0, 0.1) is 0 Å². The molecule has 8 heteroatoms. The summed E-state index contributed by atoms with van der Waals surface area (Å²) in [5.74, 6) is 0.329. The van der Waals surface area contributed by atoms with E-state index in [0.717, 1.165) is 0 Å². The second-order valence-corrected chi connectivity index (χ2v) is 5.50. The lowest BCUT2D eigenvalue weighted by molar-refractivity contribution is -0.145. The summed E-state index contributed by atoms with van der Waals surface area (Å²) >= 11 is 1.35. The van der Waals surface area contributed by atoms with Gasteiger partial charge in [-0.05, 0) is 23.6 Å². The van der Waals surface area contributed by atoms with E-state index in [9.17, 15) is 9.59 Å². The van der Waals surface area contributed by atoms with Gasteiger partial charge in [-0.2, -0.15) is 4.98 Å². The van der Waals surface area contributed by atoms with Crippen molar-refractivity contribution in [3.8, 4) is 11.7 Å². The minimum Gasteiger partial charge on any atom is -0.459 e. The number of furan rings is 1. The molecule has 3 rings (SSSR count). The average Bonchev–Trinajstić information content (AvgIpc) is 3.32. The second kappa shape index (κ2) is 7.01. The molecule has 3 aromatic rings. The number of nitrogens with zero attached hydrogens (tertiary/aromatic N) is 2. The van der Waals surface area contributed by atoms with Gasteiger partial charge < -0.3 is 13.7 Å². The van der Waals surface area contributed by atoms with Crippen molar-refractivity contribution < 1.29 is 23.3 Å². The summed E-state index contributed by atoms with van der Waals surface area (Å²) in [6.45, 7) is -0.115. The third kappa shape index (κ3) is 3.92. The highest BCUT2D eigenvalue weighted by atomic mass is 32.1. The number of esters is 1. The van der Waals surface area contributed by atoms with Crippen LogP contribution >= 0.6 is 11.3 Å². The summed E-state index contributed by atoms with van der Waals surface area (Å²) in [4.78, 5) is 28.1. The molecule has 0 atom stereocenters. The van der Waals surface area contributed by atoms with Crippen LogP contribution in [0.4, 0.5) is 0 Å². The van der Waals surface area contributed by atoms with Crippen LogP contribution in [0.3, 0.4) is 0 Å². The van der Waals surface area contributed by atoms with Gasteiger partial charge in [-0.25, -0.2) is 0 Å². The smallest absolute Gasteiger partial charge is 0.306 e. The molecule has 0 unspecified atom stereocenters. The Bertz CT molecular complexity index is 777. The van der Waals surface area contributed by atoms with Crippen molar-refractivity contribution >= 4 is 23.1 Å². The van der Waals surface area contributed by atoms with Crippen LogP contribution in [0.1, 0.15) is 28.3 Å². The predicted octanol–water partition coefficient (Wildman–Crippen LogP) is 3.10. The maximum Gasteiger partial charge on any atom is 0.306 e. The summed E-state index contributed by atoms with van der Waals surface area (Å²) in [6, 6.07) is 6.90. The Morgan fingerprint density at radius 1 is 1.22 bits per heavy atom. The Kier molecular flexibility index (Phi) is 4.62. The number of ether oxygens (including phenoxy) is 1. The van der Waals surface area contributed by atoms with E-state index in [0.29, 0.717) is 10.6 Å². The van der Waals surface area contributed by atoms with Crippen LogP contribution < -0.4 is 0 Å². The van der Waals surface area contributed by atoms with E-state index in [1.165, 1.54) is 17.6 Å². The molecular formula is C15H12N2O5S. The SMILES string of the molecule is O=C(CCC(=O)c1cccs1)OCc1noc(-c2ccco2)n1. The van der Waals surface area contributed by atoms with Crippen molar-refractivity contribution in [3.63, 3.8) is 0 Å². The summed E-state index contributed by atoms with van der Waals surface area (Å²) in [7, 11) is 0. The Labute approximate surface area is 134 Å². The summed E-state index contributed by atoms with van der Waals surface area (Å²) in [5.41, 5.74) is 0. The first kappa shape index (κ1) is 15.2. The zero-order valence-electron chi connectivity index (χ0n) is 11.9. The largest absolute Gasteiger partial charge is 0.459 e. The van der Waals surface area contributed by atoms with E-state index < -0.39 is 5.97 Å². The fourth-order valence-electron chi connectivity index (χ4n) is 1.81. The number of hydrogen-bond acceptors (Lipinski definition) is 8. The number of thiophene rings is 1. The van der Waals surface area contributed by atoms with Crippen molar-refractivity contribution in [2.75, 3.05) is 0 Å².